The summed E-state index contributed by atoms with van der Waals surface area (Å²) in [5.41, 5.74) is 3.08. The van der Waals surface area contributed by atoms with E-state index in [0.717, 1.165) is 30.5 Å². The molecule has 1 amide bonds. The maximum absolute atomic E-state index is 13.3. The molecule has 1 aliphatic carbocycles. The fourth-order valence-corrected chi connectivity index (χ4v) is 5.55. The highest BCUT2D eigenvalue weighted by Gasteiger charge is 2.55. The maximum atomic E-state index is 13.3. The van der Waals surface area contributed by atoms with Crippen molar-refractivity contribution in [3.8, 4) is 0 Å². The van der Waals surface area contributed by atoms with Gasteiger partial charge in [0.1, 0.15) is 0 Å². The van der Waals surface area contributed by atoms with Crippen molar-refractivity contribution >= 4 is 11.5 Å². The molecule has 6 nitrogen and oxygen atoms in total. The Bertz CT molecular complexity index is 857. The second-order valence-electron chi connectivity index (χ2n) is 8.53. The van der Waals surface area contributed by atoms with E-state index >= 15 is 0 Å². The molecule has 1 aromatic heterocycles. The summed E-state index contributed by atoms with van der Waals surface area (Å²) in [5, 5.41) is 10.1. The smallest absolute Gasteiger partial charge is 0.258 e. The molecule has 1 aromatic rings. The number of amides is 1. The Balaban J connectivity index is 1.75. The summed E-state index contributed by atoms with van der Waals surface area (Å²) in [6.07, 6.45) is 6.57. The number of aliphatic hydroxyl groups excluding tert-OH is 1. The van der Waals surface area contributed by atoms with Crippen LogP contribution in [-0.4, -0.2) is 58.7 Å². The zero-order valence-electron chi connectivity index (χ0n) is 17.1. The molecule has 6 heteroatoms. The molecule has 4 rings (SSSR count). The molecule has 2 aliphatic heterocycles. The normalized spacial score (nSPS) is 29.4. The number of likely N-dealkylation sites (tertiary alicyclic amines) is 1. The minimum Gasteiger partial charge on any atom is -0.396 e. The Morgan fingerprint density at radius 2 is 2.07 bits per heavy atom. The largest absolute Gasteiger partial charge is 0.396 e. The van der Waals surface area contributed by atoms with Crippen molar-refractivity contribution in [3.05, 3.63) is 39.8 Å². The Morgan fingerprint density at radius 3 is 2.68 bits per heavy atom. The van der Waals surface area contributed by atoms with E-state index in [9.17, 15) is 14.7 Å². The number of nitrogens with zero attached hydrogens (tertiary/aromatic N) is 3. The lowest BCUT2D eigenvalue weighted by atomic mass is 9.88. The highest BCUT2D eigenvalue weighted by Crippen LogP contribution is 2.49. The Morgan fingerprint density at radius 1 is 1.29 bits per heavy atom. The van der Waals surface area contributed by atoms with Gasteiger partial charge in [0.05, 0.1) is 12.1 Å². The van der Waals surface area contributed by atoms with Crippen molar-refractivity contribution in [3.63, 3.8) is 0 Å². The summed E-state index contributed by atoms with van der Waals surface area (Å²) in [5.74, 6) is -0.0354. The van der Waals surface area contributed by atoms with Crippen molar-refractivity contribution in [1.82, 2.24) is 14.4 Å². The third-order valence-corrected chi connectivity index (χ3v) is 6.89. The van der Waals surface area contributed by atoms with Crippen molar-refractivity contribution in [2.45, 2.75) is 51.2 Å². The summed E-state index contributed by atoms with van der Waals surface area (Å²) < 4.78 is 1.90. The van der Waals surface area contributed by atoms with Crippen LogP contribution in [0.2, 0.25) is 0 Å². The topological polar surface area (TPSA) is 65.8 Å². The molecule has 0 saturated carbocycles. The Kier molecular flexibility index (Phi) is 5.19. The van der Waals surface area contributed by atoms with Crippen LogP contribution < -0.4 is 5.56 Å². The van der Waals surface area contributed by atoms with Crippen LogP contribution in [0.3, 0.4) is 0 Å². The first-order chi connectivity index (χ1) is 13.5. The molecule has 0 aromatic carbocycles. The molecule has 1 fully saturated rings. The van der Waals surface area contributed by atoms with Crippen molar-refractivity contribution in [2.75, 3.05) is 27.2 Å². The van der Waals surface area contributed by atoms with Gasteiger partial charge in [-0.3, -0.25) is 14.5 Å². The minimum absolute atomic E-state index is 0.0122. The average Bonchev–Trinajstić information content (AvgIpc) is 3.22. The third kappa shape index (κ3) is 2.85. The van der Waals surface area contributed by atoms with Crippen LogP contribution in [0.15, 0.2) is 23.0 Å². The molecule has 4 atom stereocenters. The van der Waals surface area contributed by atoms with Crippen molar-refractivity contribution in [1.29, 1.82) is 0 Å². The molecule has 0 spiro atoms. The number of pyridine rings is 1. The first kappa shape index (κ1) is 19.4. The van der Waals surface area contributed by atoms with Gasteiger partial charge in [-0.1, -0.05) is 13.0 Å². The fraction of sp³-hybridized carbons (Fsp3) is 0.636. The standard InChI is InChI=1S/C22H31N3O3/c1-4-24-19-16(17(13-26)20(24)22(28)23(2)3)12-25-18(19)11-10-15(21(25)27)14-8-6-5-7-9-14/h8,10-11,16-17,19-20,26H,4-7,9,12-13H2,1-3H3/t16-,17-,19+,20-/m0/s1. The second-order valence-corrected chi connectivity index (χ2v) is 8.53. The van der Waals surface area contributed by atoms with Gasteiger partial charge in [0, 0.05) is 50.3 Å². The number of hydrogen-bond acceptors (Lipinski definition) is 4. The molecule has 1 saturated heterocycles. The lowest BCUT2D eigenvalue weighted by Gasteiger charge is -2.31. The first-order valence-corrected chi connectivity index (χ1v) is 10.5. The molecule has 3 aliphatic rings. The van der Waals surface area contributed by atoms with Gasteiger partial charge in [0.2, 0.25) is 5.91 Å². The van der Waals surface area contributed by atoms with Crippen LogP contribution in [0.4, 0.5) is 0 Å². The highest BCUT2D eigenvalue weighted by atomic mass is 16.3. The second kappa shape index (κ2) is 7.48. The predicted molar refractivity (Wildman–Crippen MR) is 109 cm³/mol. The van der Waals surface area contributed by atoms with E-state index in [1.54, 1.807) is 19.0 Å². The van der Waals surface area contributed by atoms with Gasteiger partial charge in [-0.2, -0.15) is 0 Å². The number of hydrogen-bond donors (Lipinski definition) is 1. The molecular formula is C22H31N3O3. The Hall–Kier alpha value is -1.92. The summed E-state index contributed by atoms with van der Waals surface area (Å²) in [6.45, 7) is 3.30. The van der Waals surface area contributed by atoms with E-state index in [-0.39, 0.29) is 42.0 Å². The number of aliphatic hydroxyl groups is 1. The van der Waals surface area contributed by atoms with E-state index in [4.69, 9.17) is 0 Å². The van der Waals surface area contributed by atoms with Gasteiger partial charge in [-0.25, -0.2) is 0 Å². The van der Waals surface area contributed by atoms with Crippen LogP contribution in [0.1, 0.15) is 49.9 Å². The summed E-state index contributed by atoms with van der Waals surface area (Å²) >= 11 is 0. The summed E-state index contributed by atoms with van der Waals surface area (Å²) in [7, 11) is 3.53. The van der Waals surface area contributed by atoms with E-state index in [0.29, 0.717) is 13.1 Å². The summed E-state index contributed by atoms with van der Waals surface area (Å²) in [4.78, 5) is 29.9. The van der Waals surface area contributed by atoms with Crippen LogP contribution in [0.5, 0.6) is 0 Å². The van der Waals surface area contributed by atoms with E-state index in [1.807, 2.05) is 10.6 Å². The molecule has 0 unspecified atom stereocenters. The van der Waals surface area contributed by atoms with Crippen LogP contribution in [-0.2, 0) is 11.3 Å². The quantitative estimate of drug-likeness (QED) is 0.859. The molecular weight excluding hydrogens is 354 g/mol. The van der Waals surface area contributed by atoms with Gasteiger partial charge in [-0.05, 0) is 49.9 Å². The van der Waals surface area contributed by atoms with Crippen molar-refractivity contribution < 1.29 is 9.90 Å². The van der Waals surface area contributed by atoms with Crippen LogP contribution in [0, 0.1) is 11.8 Å². The van der Waals surface area contributed by atoms with Crippen LogP contribution >= 0.6 is 0 Å². The minimum atomic E-state index is -0.329. The third-order valence-electron chi connectivity index (χ3n) is 6.89. The number of likely N-dealkylation sites (N-methyl/N-ethyl adjacent to an activating group) is 2. The molecule has 0 bridgehead atoms. The highest BCUT2D eigenvalue weighted by molar-refractivity contribution is 5.82. The van der Waals surface area contributed by atoms with Gasteiger partial charge in [-0.15, -0.1) is 0 Å². The number of allylic oxidation sites excluding steroid dienone is 2. The van der Waals surface area contributed by atoms with E-state index in [1.165, 1.54) is 12.0 Å². The van der Waals surface area contributed by atoms with E-state index in [2.05, 4.69) is 24.0 Å². The number of fused-ring (bicyclic) bond motifs is 3. The number of aromatic nitrogens is 1. The number of rotatable bonds is 4. The summed E-state index contributed by atoms with van der Waals surface area (Å²) in [6, 6.07) is 3.75. The predicted octanol–water partition coefficient (Wildman–Crippen LogP) is 1.88. The maximum Gasteiger partial charge on any atom is 0.258 e. The monoisotopic (exact) mass is 385 g/mol. The number of carbonyl (C=O) groups is 1. The molecule has 152 valence electrons. The lowest BCUT2D eigenvalue weighted by molar-refractivity contribution is -0.135. The van der Waals surface area contributed by atoms with E-state index < -0.39 is 0 Å². The number of carbonyl (C=O) groups excluding carboxylic acids is 1. The van der Waals surface area contributed by atoms with Gasteiger partial charge in [0.15, 0.2) is 0 Å². The fourth-order valence-electron chi connectivity index (χ4n) is 5.55. The van der Waals surface area contributed by atoms with Crippen molar-refractivity contribution in [2.24, 2.45) is 11.8 Å². The zero-order chi connectivity index (χ0) is 20.0. The first-order valence-electron chi connectivity index (χ1n) is 10.5. The molecule has 28 heavy (non-hydrogen) atoms. The lowest BCUT2D eigenvalue weighted by Crippen LogP contribution is -2.47. The van der Waals surface area contributed by atoms with Crippen LogP contribution in [0.25, 0.3) is 5.57 Å². The molecule has 1 N–H and O–H groups in total. The Labute approximate surface area is 166 Å². The molecule has 0 radical (unpaired) electrons. The SMILES string of the molecule is CCN1[C@H](C(=O)N(C)C)[C@@H](CO)[C@@H]2Cn3c(ccc(C4=CCCCC4)c3=O)[C@@H]21. The van der Waals surface area contributed by atoms with Gasteiger partial charge < -0.3 is 14.6 Å². The zero-order valence-corrected chi connectivity index (χ0v) is 17.1. The van der Waals surface area contributed by atoms with Gasteiger partial charge in [0.25, 0.3) is 5.56 Å². The average molecular weight is 386 g/mol. The molecule has 3 heterocycles. The van der Waals surface area contributed by atoms with Gasteiger partial charge >= 0.3 is 0 Å².